The average Bonchev–Trinajstić information content (AvgIpc) is 3.41. The van der Waals surface area contributed by atoms with E-state index in [0.29, 0.717) is 76.6 Å². The lowest BCUT2D eigenvalue weighted by molar-refractivity contribution is -0.135. The summed E-state index contributed by atoms with van der Waals surface area (Å²) >= 11 is 5.91. The Bertz CT molecular complexity index is 1470. The van der Waals surface area contributed by atoms with Crippen molar-refractivity contribution in [2.24, 2.45) is 0 Å². The van der Waals surface area contributed by atoms with Gasteiger partial charge in [0.25, 0.3) is 5.91 Å². The van der Waals surface area contributed by atoms with Crippen LogP contribution in [0, 0.1) is 0 Å². The maximum atomic E-state index is 13.4. The van der Waals surface area contributed by atoms with Crippen LogP contribution in [-0.2, 0) is 25.5 Å². The van der Waals surface area contributed by atoms with Gasteiger partial charge in [-0.2, -0.15) is 0 Å². The smallest absolute Gasteiger partial charge is 0.272 e. The van der Waals surface area contributed by atoms with Gasteiger partial charge in [0.05, 0.1) is 24.8 Å². The number of furan rings is 1. The average molecular weight is 642 g/mol. The van der Waals surface area contributed by atoms with Gasteiger partial charge in [-0.1, -0.05) is 11.6 Å². The van der Waals surface area contributed by atoms with Gasteiger partial charge in [0.2, 0.25) is 11.8 Å². The van der Waals surface area contributed by atoms with E-state index < -0.39 is 0 Å². The molecule has 0 atom stereocenters. The summed E-state index contributed by atoms with van der Waals surface area (Å²) in [6.07, 6.45) is 5.29. The number of methoxy groups -OCH3 is 1. The number of nitrogens with one attached hydrogen (secondary N) is 1. The molecule has 13 heteroatoms. The quantitative estimate of drug-likeness (QED) is 0.176. The number of likely N-dealkylation sites (N-methyl/N-ethyl adjacent to an activating group) is 1. The van der Waals surface area contributed by atoms with Crippen LogP contribution in [0.2, 0.25) is 5.02 Å². The molecule has 12 nitrogen and oxygen atoms in total. The SMILES string of the molecule is COCCN(C)C(=O)c1ccc2oc(C(=O)CCCCc3ccc(Cl)cn3)c(NC(=O)CCCCC(=O)N3CCOCC3)c2n1. The highest BCUT2D eigenvalue weighted by Crippen LogP contribution is 2.32. The first-order valence-electron chi connectivity index (χ1n) is 15.2. The molecule has 3 aromatic heterocycles. The molecule has 4 rings (SSSR count). The predicted molar refractivity (Wildman–Crippen MR) is 168 cm³/mol. The molecule has 1 aliphatic heterocycles. The molecule has 45 heavy (non-hydrogen) atoms. The second-order valence-corrected chi connectivity index (χ2v) is 11.4. The molecule has 242 valence electrons. The molecule has 1 saturated heterocycles. The third kappa shape index (κ3) is 9.81. The van der Waals surface area contributed by atoms with E-state index in [0.717, 1.165) is 12.1 Å². The number of Topliss-reactive ketones (excluding diaryl/α,β-unsaturated/α-hetero) is 1. The van der Waals surface area contributed by atoms with E-state index in [9.17, 15) is 19.2 Å². The first-order chi connectivity index (χ1) is 21.8. The highest BCUT2D eigenvalue weighted by Gasteiger charge is 2.25. The number of halogens is 1. The lowest BCUT2D eigenvalue weighted by Crippen LogP contribution is -2.40. The number of carbonyl (C=O) groups is 4. The van der Waals surface area contributed by atoms with Crippen molar-refractivity contribution in [3.8, 4) is 0 Å². The molecule has 0 radical (unpaired) electrons. The molecule has 3 aromatic rings. The molecule has 3 amide bonds. The minimum absolute atomic E-state index is 0.00435. The third-order valence-corrected chi connectivity index (χ3v) is 7.76. The summed E-state index contributed by atoms with van der Waals surface area (Å²) in [6, 6.07) is 6.74. The van der Waals surface area contributed by atoms with Gasteiger partial charge in [-0.05, 0) is 56.4 Å². The number of aryl methyl sites for hydroxylation is 1. The number of fused-ring (bicyclic) bond motifs is 1. The number of amides is 3. The lowest BCUT2D eigenvalue weighted by Gasteiger charge is -2.26. The van der Waals surface area contributed by atoms with Crippen LogP contribution < -0.4 is 5.32 Å². The van der Waals surface area contributed by atoms with Crippen LogP contribution in [0.25, 0.3) is 11.1 Å². The Morgan fingerprint density at radius 3 is 2.51 bits per heavy atom. The Morgan fingerprint density at radius 2 is 1.78 bits per heavy atom. The second-order valence-electron chi connectivity index (χ2n) is 10.9. The number of nitrogens with zero attached hydrogens (tertiary/aromatic N) is 4. The Hall–Kier alpha value is -3.87. The summed E-state index contributed by atoms with van der Waals surface area (Å²) in [5.41, 5.74) is 1.69. The molecule has 0 unspecified atom stereocenters. The van der Waals surface area contributed by atoms with Crippen molar-refractivity contribution in [1.82, 2.24) is 19.8 Å². The number of hydrogen-bond donors (Lipinski definition) is 1. The minimum Gasteiger partial charge on any atom is -0.449 e. The van der Waals surface area contributed by atoms with Gasteiger partial charge in [0.15, 0.2) is 17.1 Å². The summed E-state index contributed by atoms with van der Waals surface area (Å²) in [5, 5.41) is 3.39. The van der Waals surface area contributed by atoms with Gasteiger partial charge >= 0.3 is 0 Å². The van der Waals surface area contributed by atoms with E-state index in [1.54, 1.807) is 37.4 Å². The van der Waals surface area contributed by atoms with Gasteiger partial charge < -0.3 is 29.0 Å². The van der Waals surface area contributed by atoms with Crippen molar-refractivity contribution in [2.75, 3.05) is 58.9 Å². The van der Waals surface area contributed by atoms with Gasteiger partial charge in [0, 0.05) is 64.9 Å². The van der Waals surface area contributed by atoms with Crippen LogP contribution in [0.1, 0.15) is 71.7 Å². The molecule has 1 aliphatic rings. The Morgan fingerprint density at radius 1 is 1.02 bits per heavy atom. The Kier molecular flexibility index (Phi) is 12.8. The number of anilines is 1. The van der Waals surface area contributed by atoms with Crippen LogP contribution in [-0.4, -0.2) is 96.9 Å². The van der Waals surface area contributed by atoms with Crippen molar-refractivity contribution in [3.05, 3.63) is 52.6 Å². The number of unbranched alkanes of at least 4 members (excludes halogenated alkanes) is 2. The second kappa shape index (κ2) is 17.0. The molecule has 0 aliphatic carbocycles. The van der Waals surface area contributed by atoms with Gasteiger partial charge in [-0.15, -0.1) is 0 Å². The Balaban J connectivity index is 1.43. The predicted octanol–water partition coefficient (Wildman–Crippen LogP) is 4.55. The van der Waals surface area contributed by atoms with E-state index in [4.69, 9.17) is 25.5 Å². The van der Waals surface area contributed by atoms with Crippen LogP contribution >= 0.6 is 11.6 Å². The monoisotopic (exact) mass is 641 g/mol. The fourth-order valence-electron chi connectivity index (χ4n) is 4.93. The summed E-state index contributed by atoms with van der Waals surface area (Å²) < 4.78 is 16.3. The number of hydrogen-bond acceptors (Lipinski definition) is 9. The molecule has 1 N–H and O–H groups in total. The van der Waals surface area contributed by atoms with Crippen molar-refractivity contribution >= 4 is 51.9 Å². The first-order valence-corrected chi connectivity index (χ1v) is 15.6. The van der Waals surface area contributed by atoms with Crippen LogP contribution in [0.4, 0.5) is 5.69 Å². The molecule has 4 heterocycles. The number of aromatic nitrogens is 2. The number of ketones is 1. The van der Waals surface area contributed by atoms with Gasteiger partial charge in [0.1, 0.15) is 16.9 Å². The number of pyridine rings is 2. The van der Waals surface area contributed by atoms with Crippen LogP contribution in [0.3, 0.4) is 0 Å². The summed E-state index contributed by atoms with van der Waals surface area (Å²) in [5.74, 6) is -0.906. The van der Waals surface area contributed by atoms with Crippen molar-refractivity contribution in [1.29, 1.82) is 0 Å². The molecule has 1 fully saturated rings. The fraction of sp³-hybridized carbons (Fsp3) is 0.500. The van der Waals surface area contributed by atoms with E-state index in [1.165, 1.54) is 11.0 Å². The maximum absolute atomic E-state index is 13.4. The summed E-state index contributed by atoms with van der Waals surface area (Å²) in [7, 11) is 3.20. The highest BCUT2D eigenvalue weighted by molar-refractivity contribution is 6.30. The number of ether oxygens (including phenoxy) is 2. The third-order valence-electron chi connectivity index (χ3n) is 7.53. The maximum Gasteiger partial charge on any atom is 0.272 e. The van der Waals surface area contributed by atoms with E-state index in [-0.39, 0.29) is 64.6 Å². The zero-order chi connectivity index (χ0) is 32.2. The van der Waals surface area contributed by atoms with Crippen molar-refractivity contribution in [2.45, 2.75) is 51.4 Å². The molecule has 0 saturated carbocycles. The lowest BCUT2D eigenvalue weighted by atomic mass is 10.1. The summed E-state index contributed by atoms with van der Waals surface area (Å²) in [4.78, 5) is 63.9. The number of carbonyl (C=O) groups excluding carboxylic acids is 4. The molecular weight excluding hydrogens is 602 g/mol. The normalized spacial score (nSPS) is 13.2. The fourth-order valence-corrected chi connectivity index (χ4v) is 5.04. The molecule has 0 aromatic carbocycles. The Labute approximate surface area is 267 Å². The topological polar surface area (TPSA) is 144 Å². The van der Waals surface area contributed by atoms with Crippen LogP contribution in [0.5, 0.6) is 0 Å². The van der Waals surface area contributed by atoms with Gasteiger partial charge in [-0.25, -0.2) is 4.98 Å². The van der Waals surface area contributed by atoms with Crippen molar-refractivity contribution in [3.63, 3.8) is 0 Å². The zero-order valence-electron chi connectivity index (χ0n) is 25.8. The standard InChI is InChI=1S/C32H40ClN5O7/c1-37(15-18-43-2)32(42)24-13-14-26-29(35-24)30(36-27(40)9-5-6-10-28(41)38-16-19-44-20-17-38)31(45-26)25(39)8-4-3-7-23-12-11-22(33)21-34-23/h11-14,21H,3-10,15-20H2,1-2H3,(H,36,40). The van der Waals surface area contributed by atoms with E-state index in [2.05, 4.69) is 15.3 Å². The molecule has 0 bridgehead atoms. The number of rotatable bonds is 16. The van der Waals surface area contributed by atoms with Crippen molar-refractivity contribution < 1.29 is 33.1 Å². The highest BCUT2D eigenvalue weighted by atomic mass is 35.5. The van der Waals surface area contributed by atoms with E-state index in [1.807, 2.05) is 6.07 Å². The van der Waals surface area contributed by atoms with Gasteiger partial charge in [-0.3, -0.25) is 24.2 Å². The summed E-state index contributed by atoms with van der Waals surface area (Å²) in [6.45, 7) is 2.98. The molecule has 0 spiro atoms. The molecular formula is C32H40ClN5O7. The minimum atomic E-state index is -0.338. The largest absolute Gasteiger partial charge is 0.449 e. The first kappa shape index (κ1) is 34.0. The zero-order valence-corrected chi connectivity index (χ0v) is 26.6. The van der Waals surface area contributed by atoms with Crippen LogP contribution in [0.15, 0.2) is 34.9 Å². The van der Waals surface area contributed by atoms with E-state index >= 15 is 0 Å². The number of morpholine rings is 1.